The van der Waals surface area contributed by atoms with Crippen molar-refractivity contribution in [2.45, 2.75) is 58.1 Å². The maximum Gasteiger partial charge on any atom is 0.257 e. The molecular weight excluding hydrogens is 380 g/mol. The molecular formula is C24H32N2O4. The van der Waals surface area contributed by atoms with E-state index in [9.17, 15) is 9.59 Å². The molecule has 3 rings (SSSR count). The molecule has 2 atom stereocenters. The van der Waals surface area contributed by atoms with Crippen LogP contribution in [0.5, 0.6) is 0 Å². The molecule has 1 aromatic heterocycles. The zero-order valence-corrected chi connectivity index (χ0v) is 17.9. The molecule has 0 radical (unpaired) electrons. The molecule has 1 N–H and O–H groups in total. The molecule has 0 spiro atoms. The summed E-state index contributed by atoms with van der Waals surface area (Å²) in [5, 5.41) is 3.06. The van der Waals surface area contributed by atoms with Gasteiger partial charge in [-0.1, -0.05) is 30.3 Å². The van der Waals surface area contributed by atoms with Crippen molar-refractivity contribution in [1.29, 1.82) is 0 Å². The second-order valence-electron chi connectivity index (χ2n) is 8.02. The molecule has 2 heterocycles. The summed E-state index contributed by atoms with van der Waals surface area (Å²) in [6.45, 7) is 5.39. The molecule has 2 aromatic rings. The van der Waals surface area contributed by atoms with Crippen molar-refractivity contribution in [2.75, 3.05) is 19.7 Å². The standard InChI is InChI=1S/C24H32N2O4/c1-18(10-11-20-7-4-3-5-8-20)25-23(27)12-14-26(17-21-9-6-15-30-21)24(28)22-13-16-29-19(22)2/h3-5,7-8,13,16,18,21H,6,9-12,14-15,17H2,1-2H3,(H,25,27)/t18-,21-/m1/s1. The minimum Gasteiger partial charge on any atom is -0.469 e. The van der Waals surface area contributed by atoms with Gasteiger partial charge in [-0.25, -0.2) is 0 Å². The number of benzene rings is 1. The normalized spacial score (nSPS) is 16.9. The lowest BCUT2D eigenvalue weighted by molar-refractivity contribution is -0.122. The summed E-state index contributed by atoms with van der Waals surface area (Å²) in [6, 6.07) is 12.0. The van der Waals surface area contributed by atoms with Gasteiger partial charge in [0.15, 0.2) is 0 Å². The lowest BCUT2D eigenvalue weighted by Gasteiger charge is -2.25. The molecule has 1 aliphatic rings. The van der Waals surface area contributed by atoms with Gasteiger partial charge in [0.2, 0.25) is 5.91 Å². The number of ether oxygens (including phenoxy) is 1. The van der Waals surface area contributed by atoms with Crippen LogP contribution in [-0.2, 0) is 16.0 Å². The number of amides is 2. The van der Waals surface area contributed by atoms with Gasteiger partial charge < -0.3 is 19.4 Å². The number of nitrogens with zero attached hydrogens (tertiary/aromatic N) is 1. The van der Waals surface area contributed by atoms with E-state index in [2.05, 4.69) is 17.4 Å². The van der Waals surface area contributed by atoms with E-state index < -0.39 is 0 Å². The number of nitrogens with one attached hydrogen (secondary N) is 1. The zero-order valence-electron chi connectivity index (χ0n) is 17.9. The molecule has 1 aromatic carbocycles. The van der Waals surface area contributed by atoms with Crippen LogP contribution in [0.25, 0.3) is 0 Å². The van der Waals surface area contributed by atoms with Crippen molar-refractivity contribution >= 4 is 11.8 Å². The minimum absolute atomic E-state index is 0.0361. The van der Waals surface area contributed by atoms with Crippen LogP contribution in [0.3, 0.4) is 0 Å². The molecule has 6 heteroatoms. The van der Waals surface area contributed by atoms with E-state index in [1.807, 2.05) is 25.1 Å². The van der Waals surface area contributed by atoms with E-state index in [1.165, 1.54) is 11.8 Å². The van der Waals surface area contributed by atoms with E-state index in [1.54, 1.807) is 17.9 Å². The van der Waals surface area contributed by atoms with Crippen LogP contribution >= 0.6 is 0 Å². The molecule has 0 aliphatic carbocycles. The SMILES string of the molecule is Cc1occc1C(=O)N(CCC(=O)N[C@H](C)CCc1ccccc1)C[C@H]1CCCO1. The number of furan rings is 1. The van der Waals surface area contributed by atoms with Crippen molar-refractivity contribution in [3.63, 3.8) is 0 Å². The van der Waals surface area contributed by atoms with Crippen LogP contribution in [-0.4, -0.2) is 48.6 Å². The van der Waals surface area contributed by atoms with Gasteiger partial charge in [-0.2, -0.15) is 0 Å². The Bertz CT molecular complexity index is 812. The Kier molecular flexibility index (Phi) is 8.08. The molecule has 1 aliphatic heterocycles. The van der Waals surface area contributed by atoms with E-state index >= 15 is 0 Å². The van der Waals surface area contributed by atoms with Crippen LogP contribution in [0.15, 0.2) is 47.1 Å². The first-order valence-electron chi connectivity index (χ1n) is 10.8. The minimum atomic E-state index is -0.110. The van der Waals surface area contributed by atoms with Crippen LogP contribution in [0.4, 0.5) is 0 Å². The van der Waals surface area contributed by atoms with Crippen molar-refractivity contribution in [2.24, 2.45) is 0 Å². The highest BCUT2D eigenvalue weighted by molar-refractivity contribution is 5.95. The summed E-state index contributed by atoms with van der Waals surface area (Å²) in [5.74, 6) is 0.447. The molecule has 0 saturated carbocycles. The van der Waals surface area contributed by atoms with Crippen molar-refractivity contribution in [1.82, 2.24) is 10.2 Å². The van der Waals surface area contributed by atoms with Gasteiger partial charge in [0.25, 0.3) is 5.91 Å². The van der Waals surface area contributed by atoms with Crippen molar-refractivity contribution in [3.05, 3.63) is 59.5 Å². The predicted molar refractivity (Wildman–Crippen MR) is 115 cm³/mol. The lowest BCUT2D eigenvalue weighted by atomic mass is 10.1. The second-order valence-corrected chi connectivity index (χ2v) is 8.02. The van der Waals surface area contributed by atoms with Gasteiger partial charge in [-0.05, 0) is 51.2 Å². The molecule has 0 bridgehead atoms. The van der Waals surface area contributed by atoms with Crippen LogP contribution in [0.2, 0.25) is 0 Å². The highest BCUT2D eigenvalue weighted by Crippen LogP contribution is 2.17. The Labute approximate surface area is 178 Å². The average Bonchev–Trinajstić information content (AvgIpc) is 3.41. The topological polar surface area (TPSA) is 71.8 Å². The highest BCUT2D eigenvalue weighted by atomic mass is 16.5. The van der Waals surface area contributed by atoms with Gasteiger partial charge in [0, 0.05) is 32.2 Å². The third-order valence-corrected chi connectivity index (χ3v) is 5.55. The Morgan fingerprint density at radius 3 is 2.70 bits per heavy atom. The monoisotopic (exact) mass is 412 g/mol. The fourth-order valence-electron chi connectivity index (χ4n) is 3.77. The van der Waals surface area contributed by atoms with E-state index in [4.69, 9.17) is 9.15 Å². The Hall–Kier alpha value is -2.60. The number of hydrogen-bond acceptors (Lipinski definition) is 4. The first-order valence-corrected chi connectivity index (χ1v) is 10.8. The average molecular weight is 413 g/mol. The summed E-state index contributed by atoms with van der Waals surface area (Å²) in [7, 11) is 0. The van der Waals surface area contributed by atoms with E-state index in [-0.39, 0.29) is 30.4 Å². The molecule has 0 unspecified atom stereocenters. The summed E-state index contributed by atoms with van der Waals surface area (Å²) < 4.78 is 11.0. The van der Waals surface area contributed by atoms with Crippen LogP contribution < -0.4 is 5.32 Å². The van der Waals surface area contributed by atoms with Crippen molar-refractivity contribution in [3.8, 4) is 0 Å². The number of rotatable bonds is 10. The third-order valence-electron chi connectivity index (χ3n) is 5.55. The second kappa shape index (κ2) is 11.0. The maximum atomic E-state index is 13.0. The van der Waals surface area contributed by atoms with Crippen molar-refractivity contribution < 1.29 is 18.7 Å². The van der Waals surface area contributed by atoms with Gasteiger partial charge in [-0.3, -0.25) is 9.59 Å². The predicted octanol–water partition coefficient (Wildman–Crippen LogP) is 3.74. The Morgan fingerprint density at radius 1 is 1.23 bits per heavy atom. The fraction of sp³-hybridized carbons (Fsp3) is 0.500. The smallest absolute Gasteiger partial charge is 0.257 e. The summed E-state index contributed by atoms with van der Waals surface area (Å²) >= 11 is 0. The van der Waals surface area contributed by atoms with Crippen LogP contribution in [0, 0.1) is 6.92 Å². The lowest BCUT2D eigenvalue weighted by Crippen LogP contribution is -2.41. The Balaban J connectivity index is 1.50. The largest absolute Gasteiger partial charge is 0.469 e. The van der Waals surface area contributed by atoms with Gasteiger partial charge in [-0.15, -0.1) is 0 Å². The van der Waals surface area contributed by atoms with E-state index in [0.29, 0.717) is 24.4 Å². The summed E-state index contributed by atoms with van der Waals surface area (Å²) in [4.78, 5) is 27.2. The molecule has 1 fully saturated rings. The number of carbonyl (C=O) groups is 2. The summed E-state index contributed by atoms with van der Waals surface area (Å²) in [5.41, 5.74) is 1.81. The summed E-state index contributed by atoms with van der Waals surface area (Å²) in [6.07, 6.45) is 5.58. The molecule has 30 heavy (non-hydrogen) atoms. The fourth-order valence-corrected chi connectivity index (χ4v) is 3.77. The number of carbonyl (C=O) groups excluding carboxylic acids is 2. The number of hydrogen-bond donors (Lipinski definition) is 1. The first-order chi connectivity index (χ1) is 14.5. The Morgan fingerprint density at radius 2 is 2.03 bits per heavy atom. The molecule has 6 nitrogen and oxygen atoms in total. The van der Waals surface area contributed by atoms with Crippen LogP contribution in [0.1, 0.15) is 54.3 Å². The highest BCUT2D eigenvalue weighted by Gasteiger charge is 2.25. The quantitative estimate of drug-likeness (QED) is 0.645. The van der Waals surface area contributed by atoms with Gasteiger partial charge in [0.1, 0.15) is 5.76 Å². The molecule has 1 saturated heterocycles. The third kappa shape index (κ3) is 6.46. The zero-order chi connectivity index (χ0) is 21.3. The van der Waals surface area contributed by atoms with Gasteiger partial charge >= 0.3 is 0 Å². The molecule has 2 amide bonds. The van der Waals surface area contributed by atoms with E-state index in [0.717, 1.165) is 32.3 Å². The first kappa shape index (κ1) is 22.1. The molecule has 162 valence electrons. The number of aryl methyl sites for hydroxylation is 2. The van der Waals surface area contributed by atoms with Gasteiger partial charge in [0.05, 0.1) is 17.9 Å². The maximum absolute atomic E-state index is 13.0.